The molecule has 3 rings (SSSR count). The standard InChI is InChI=1S/C19H24N4.C4H6.C3H6/c1-13(2)23-19-17(11-16(21-4)12-22-19)18(20)10-9-15-7-5-14(3)6-8-15;1-3-4-2;1-2-3-1/h5-13,20-21H,1-4H3,(H,22,23);3-4H,1-2H2;1-3H2/b10-9+,20-18?;;. The summed E-state index contributed by atoms with van der Waals surface area (Å²) in [5, 5.41) is 14.8. The van der Waals surface area contributed by atoms with Gasteiger partial charge in [0.15, 0.2) is 0 Å². The fraction of sp³-hybridized carbons (Fsp3) is 0.308. The maximum absolute atomic E-state index is 8.38. The molecule has 4 heteroatoms. The summed E-state index contributed by atoms with van der Waals surface area (Å²) in [4.78, 5) is 4.43. The summed E-state index contributed by atoms with van der Waals surface area (Å²) >= 11 is 0. The predicted molar refractivity (Wildman–Crippen MR) is 134 cm³/mol. The van der Waals surface area contributed by atoms with E-state index in [2.05, 4.69) is 73.8 Å². The molecule has 0 atom stereocenters. The molecule has 0 aliphatic heterocycles. The van der Waals surface area contributed by atoms with Gasteiger partial charge in [0.2, 0.25) is 0 Å². The summed E-state index contributed by atoms with van der Waals surface area (Å²) in [6, 6.07) is 10.4. The normalized spacial score (nSPS) is 11.5. The SMILES string of the molecule is C1CC1.C=CC=C.CNc1cnc(NC(C)C)c(C(=N)/C=C/c2ccc(C)cc2)c1. The average molecular weight is 405 g/mol. The number of aryl methyl sites for hydroxylation is 1. The zero-order chi connectivity index (χ0) is 22.4. The van der Waals surface area contributed by atoms with E-state index in [-0.39, 0.29) is 6.04 Å². The van der Waals surface area contributed by atoms with Gasteiger partial charge >= 0.3 is 0 Å². The zero-order valence-electron chi connectivity index (χ0n) is 18.8. The van der Waals surface area contributed by atoms with Crippen LogP contribution in [0.15, 0.2) is 67.9 Å². The molecule has 0 saturated heterocycles. The van der Waals surface area contributed by atoms with Crippen molar-refractivity contribution in [2.75, 3.05) is 17.7 Å². The van der Waals surface area contributed by atoms with Crippen LogP contribution in [0, 0.1) is 12.3 Å². The van der Waals surface area contributed by atoms with E-state index in [1.165, 1.54) is 24.8 Å². The van der Waals surface area contributed by atoms with Crippen molar-refractivity contribution in [3.8, 4) is 0 Å². The highest BCUT2D eigenvalue weighted by atomic mass is 15.0. The van der Waals surface area contributed by atoms with Crippen molar-refractivity contribution in [2.45, 2.75) is 46.1 Å². The number of nitrogens with one attached hydrogen (secondary N) is 3. The maximum atomic E-state index is 8.38. The van der Waals surface area contributed by atoms with Gasteiger partial charge in [-0.15, -0.1) is 0 Å². The van der Waals surface area contributed by atoms with E-state index >= 15 is 0 Å². The monoisotopic (exact) mass is 404 g/mol. The van der Waals surface area contributed by atoms with E-state index in [1.807, 2.05) is 25.3 Å². The summed E-state index contributed by atoms with van der Waals surface area (Å²) in [6.45, 7) is 12.9. The zero-order valence-corrected chi connectivity index (χ0v) is 18.8. The Morgan fingerprint density at radius 3 is 2.17 bits per heavy atom. The first kappa shape index (κ1) is 24.9. The van der Waals surface area contributed by atoms with E-state index < -0.39 is 0 Å². The largest absolute Gasteiger partial charge is 0.387 e. The molecule has 1 aliphatic carbocycles. The number of nitrogens with zero attached hydrogens (tertiary/aromatic N) is 1. The minimum atomic E-state index is 0.260. The Bertz CT molecular complexity index is 822. The third-order valence-corrected chi connectivity index (χ3v) is 3.93. The number of hydrogen-bond acceptors (Lipinski definition) is 4. The Balaban J connectivity index is 0.000000548. The molecule has 0 unspecified atom stereocenters. The van der Waals surface area contributed by atoms with Crippen LogP contribution in [0.1, 0.15) is 49.8 Å². The second-order valence-corrected chi connectivity index (χ2v) is 7.36. The molecule has 1 aromatic heterocycles. The number of hydrogen-bond donors (Lipinski definition) is 3. The third kappa shape index (κ3) is 10.4. The molecular weight excluding hydrogens is 368 g/mol. The molecule has 0 spiro atoms. The molecule has 30 heavy (non-hydrogen) atoms. The lowest BCUT2D eigenvalue weighted by molar-refractivity contribution is 0.888. The van der Waals surface area contributed by atoms with Crippen LogP contribution in [0.5, 0.6) is 0 Å². The number of allylic oxidation sites excluding steroid dienone is 3. The lowest BCUT2D eigenvalue weighted by Gasteiger charge is -2.14. The number of aromatic nitrogens is 1. The molecule has 3 N–H and O–H groups in total. The Labute approximate surface area is 182 Å². The van der Waals surface area contributed by atoms with Gasteiger partial charge in [-0.2, -0.15) is 0 Å². The van der Waals surface area contributed by atoms with Gasteiger partial charge in [-0.3, -0.25) is 0 Å². The molecule has 1 saturated carbocycles. The lowest BCUT2D eigenvalue weighted by atomic mass is 10.1. The molecule has 1 heterocycles. The molecular formula is C26H36N4. The number of anilines is 2. The highest BCUT2D eigenvalue weighted by Crippen LogP contribution is 2.19. The number of benzene rings is 1. The maximum Gasteiger partial charge on any atom is 0.135 e. The lowest BCUT2D eigenvalue weighted by Crippen LogP contribution is -2.15. The van der Waals surface area contributed by atoms with Gasteiger partial charge in [-0.05, 0) is 38.5 Å². The average Bonchev–Trinajstić information content (AvgIpc) is 3.62. The van der Waals surface area contributed by atoms with Crippen molar-refractivity contribution < 1.29 is 0 Å². The van der Waals surface area contributed by atoms with E-state index in [4.69, 9.17) is 5.41 Å². The first-order chi connectivity index (χ1) is 14.4. The summed E-state index contributed by atoms with van der Waals surface area (Å²) in [5.41, 5.74) is 4.41. The Hall–Kier alpha value is -3.14. The van der Waals surface area contributed by atoms with Crippen molar-refractivity contribution in [1.82, 2.24) is 4.98 Å². The third-order valence-electron chi connectivity index (χ3n) is 3.93. The minimum Gasteiger partial charge on any atom is -0.387 e. The summed E-state index contributed by atoms with van der Waals surface area (Å²) in [5.74, 6) is 0.734. The van der Waals surface area contributed by atoms with E-state index in [9.17, 15) is 0 Å². The fourth-order valence-corrected chi connectivity index (χ4v) is 2.14. The second kappa shape index (κ2) is 13.9. The van der Waals surface area contributed by atoms with E-state index in [0.717, 1.165) is 22.6 Å². The van der Waals surface area contributed by atoms with Crippen molar-refractivity contribution in [3.05, 3.63) is 84.6 Å². The van der Waals surface area contributed by atoms with Crippen LogP contribution in [-0.2, 0) is 0 Å². The smallest absolute Gasteiger partial charge is 0.135 e. The van der Waals surface area contributed by atoms with Crippen molar-refractivity contribution in [1.29, 1.82) is 5.41 Å². The van der Waals surface area contributed by atoms with Crippen molar-refractivity contribution >= 4 is 23.3 Å². The van der Waals surface area contributed by atoms with Crippen LogP contribution in [-0.4, -0.2) is 23.8 Å². The quantitative estimate of drug-likeness (QED) is 0.349. The Morgan fingerprint density at radius 2 is 1.70 bits per heavy atom. The van der Waals surface area contributed by atoms with Gasteiger partial charge in [-0.25, -0.2) is 4.98 Å². The topological polar surface area (TPSA) is 60.8 Å². The van der Waals surface area contributed by atoms with Gasteiger partial charge in [0.05, 0.1) is 17.6 Å². The van der Waals surface area contributed by atoms with Gasteiger partial charge in [0, 0.05) is 18.7 Å². The van der Waals surface area contributed by atoms with Crippen molar-refractivity contribution in [3.63, 3.8) is 0 Å². The molecule has 0 radical (unpaired) electrons. The molecule has 0 bridgehead atoms. The van der Waals surface area contributed by atoms with Crippen LogP contribution >= 0.6 is 0 Å². The molecule has 0 amide bonds. The van der Waals surface area contributed by atoms with Crippen LogP contribution < -0.4 is 10.6 Å². The molecule has 2 aromatic rings. The molecule has 4 nitrogen and oxygen atoms in total. The highest BCUT2D eigenvalue weighted by Gasteiger charge is 2.09. The van der Waals surface area contributed by atoms with Crippen LogP contribution in [0.4, 0.5) is 11.5 Å². The van der Waals surface area contributed by atoms with Crippen LogP contribution in [0.25, 0.3) is 6.08 Å². The molecule has 1 aromatic carbocycles. The second-order valence-electron chi connectivity index (χ2n) is 7.36. The van der Waals surface area contributed by atoms with Gasteiger partial charge < -0.3 is 16.0 Å². The minimum absolute atomic E-state index is 0.260. The summed E-state index contributed by atoms with van der Waals surface area (Å²) in [6.07, 6.45) is 13.3. The van der Waals surface area contributed by atoms with Gasteiger partial charge in [0.1, 0.15) is 5.82 Å². The van der Waals surface area contributed by atoms with Gasteiger partial charge in [-0.1, -0.05) is 80.5 Å². The van der Waals surface area contributed by atoms with E-state index in [1.54, 1.807) is 18.3 Å². The molecule has 1 fully saturated rings. The van der Waals surface area contributed by atoms with Crippen molar-refractivity contribution in [2.24, 2.45) is 0 Å². The van der Waals surface area contributed by atoms with E-state index in [0.29, 0.717) is 5.71 Å². The first-order valence-corrected chi connectivity index (χ1v) is 10.4. The Kier molecular flexibility index (Phi) is 11.6. The molecule has 160 valence electrons. The van der Waals surface area contributed by atoms with Crippen LogP contribution in [0.3, 0.4) is 0 Å². The predicted octanol–water partition coefficient (Wildman–Crippen LogP) is 6.86. The van der Waals surface area contributed by atoms with Gasteiger partial charge in [0.25, 0.3) is 0 Å². The summed E-state index contributed by atoms with van der Waals surface area (Å²) in [7, 11) is 1.85. The highest BCUT2D eigenvalue weighted by molar-refractivity contribution is 6.12. The number of pyridine rings is 1. The van der Waals surface area contributed by atoms with Crippen LogP contribution in [0.2, 0.25) is 0 Å². The first-order valence-electron chi connectivity index (χ1n) is 10.4. The number of rotatable bonds is 7. The molecule has 1 aliphatic rings. The summed E-state index contributed by atoms with van der Waals surface area (Å²) < 4.78 is 0. The Morgan fingerprint density at radius 1 is 1.10 bits per heavy atom. The fourth-order valence-electron chi connectivity index (χ4n) is 2.14.